The lowest BCUT2D eigenvalue weighted by Crippen LogP contribution is -1.98. The second-order valence-corrected chi connectivity index (χ2v) is 5.21. The molecule has 21 heavy (non-hydrogen) atoms. The fourth-order valence-corrected chi connectivity index (χ4v) is 2.19. The second kappa shape index (κ2) is 5.49. The molecular formula is C15H15N5S. The highest BCUT2D eigenvalue weighted by molar-refractivity contribution is 7.71. The first-order valence-corrected chi connectivity index (χ1v) is 6.96. The fraction of sp³-hybridized carbons (Fsp3) is 0.133. The van der Waals surface area contributed by atoms with Gasteiger partial charge in [-0.3, -0.25) is 0 Å². The smallest absolute Gasteiger partial charge is 0.216 e. The molecule has 3 aromatic rings. The van der Waals surface area contributed by atoms with Crippen molar-refractivity contribution in [3.63, 3.8) is 0 Å². The fourth-order valence-electron chi connectivity index (χ4n) is 2.01. The minimum atomic E-state index is 0.469. The molecule has 2 aromatic heterocycles. The van der Waals surface area contributed by atoms with E-state index in [-0.39, 0.29) is 0 Å². The van der Waals surface area contributed by atoms with Gasteiger partial charge in [0.25, 0.3) is 0 Å². The van der Waals surface area contributed by atoms with Crippen molar-refractivity contribution in [2.75, 3.05) is 0 Å². The quantitative estimate of drug-likeness (QED) is 0.596. The molecule has 0 fully saturated rings. The molecule has 0 spiro atoms. The third-order valence-electron chi connectivity index (χ3n) is 3.25. The van der Waals surface area contributed by atoms with Gasteiger partial charge in [-0.2, -0.15) is 14.9 Å². The molecule has 0 amide bonds. The largest absolute Gasteiger partial charge is 0.350 e. The molecule has 106 valence electrons. The van der Waals surface area contributed by atoms with Crippen molar-refractivity contribution in [2.45, 2.75) is 6.92 Å². The molecule has 0 bridgehead atoms. The van der Waals surface area contributed by atoms with E-state index in [4.69, 9.17) is 12.2 Å². The predicted octanol–water partition coefficient (Wildman–Crippen LogP) is 3.14. The van der Waals surface area contributed by atoms with Gasteiger partial charge in [0.15, 0.2) is 5.82 Å². The molecule has 0 aliphatic carbocycles. The minimum absolute atomic E-state index is 0.469. The SMILES string of the molecule is Cc1ccc(-c2n[nH]c(=S)n2N=Cc2cccn2C)cc1. The van der Waals surface area contributed by atoms with Gasteiger partial charge in [0.1, 0.15) is 0 Å². The minimum Gasteiger partial charge on any atom is -0.350 e. The monoisotopic (exact) mass is 297 g/mol. The van der Waals surface area contributed by atoms with Crippen molar-refractivity contribution in [3.8, 4) is 11.4 Å². The van der Waals surface area contributed by atoms with Gasteiger partial charge in [-0.15, -0.1) is 0 Å². The van der Waals surface area contributed by atoms with Crippen molar-refractivity contribution < 1.29 is 0 Å². The zero-order valence-corrected chi connectivity index (χ0v) is 12.6. The van der Waals surface area contributed by atoms with Crippen molar-refractivity contribution in [1.29, 1.82) is 0 Å². The van der Waals surface area contributed by atoms with Crippen molar-refractivity contribution in [2.24, 2.45) is 12.1 Å². The maximum absolute atomic E-state index is 5.25. The van der Waals surface area contributed by atoms with Crippen molar-refractivity contribution in [1.82, 2.24) is 19.4 Å². The number of aromatic nitrogens is 4. The first kappa shape index (κ1) is 13.5. The van der Waals surface area contributed by atoms with E-state index in [2.05, 4.69) is 22.2 Å². The average molecular weight is 297 g/mol. The first-order chi connectivity index (χ1) is 10.1. The summed E-state index contributed by atoms with van der Waals surface area (Å²) in [5.41, 5.74) is 3.16. The highest BCUT2D eigenvalue weighted by Crippen LogP contribution is 2.17. The van der Waals surface area contributed by atoms with Gasteiger partial charge in [-0.25, -0.2) is 5.10 Å². The van der Waals surface area contributed by atoms with E-state index in [1.165, 1.54) is 5.56 Å². The summed E-state index contributed by atoms with van der Waals surface area (Å²) in [6.45, 7) is 2.05. The van der Waals surface area contributed by atoms with Crippen LogP contribution in [-0.2, 0) is 7.05 Å². The summed E-state index contributed by atoms with van der Waals surface area (Å²) < 4.78 is 4.09. The number of H-pyrrole nitrogens is 1. The normalized spacial score (nSPS) is 11.3. The molecule has 2 heterocycles. The summed E-state index contributed by atoms with van der Waals surface area (Å²) in [6, 6.07) is 12.1. The molecule has 3 rings (SSSR count). The maximum atomic E-state index is 5.25. The number of nitrogens with zero attached hydrogens (tertiary/aromatic N) is 4. The van der Waals surface area contributed by atoms with E-state index in [1.54, 1.807) is 10.9 Å². The summed E-state index contributed by atoms with van der Waals surface area (Å²) >= 11 is 5.25. The second-order valence-electron chi connectivity index (χ2n) is 4.82. The van der Waals surface area contributed by atoms with Crippen LogP contribution in [0.2, 0.25) is 0 Å². The molecule has 0 aliphatic rings. The zero-order chi connectivity index (χ0) is 14.8. The zero-order valence-electron chi connectivity index (χ0n) is 11.8. The van der Waals surface area contributed by atoms with Crippen LogP contribution in [0.1, 0.15) is 11.3 Å². The Morgan fingerprint density at radius 1 is 1.24 bits per heavy atom. The lowest BCUT2D eigenvalue weighted by atomic mass is 10.1. The molecule has 0 atom stereocenters. The molecule has 0 radical (unpaired) electrons. The van der Waals surface area contributed by atoms with Gasteiger partial charge in [-0.05, 0) is 31.3 Å². The number of nitrogens with one attached hydrogen (secondary N) is 1. The van der Waals surface area contributed by atoms with E-state index in [0.29, 0.717) is 10.6 Å². The van der Waals surface area contributed by atoms with Crippen LogP contribution in [0, 0.1) is 11.7 Å². The number of aryl methyl sites for hydroxylation is 2. The molecular weight excluding hydrogens is 282 g/mol. The van der Waals surface area contributed by atoms with E-state index < -0.39 is 0 Å². The number of hydrogen-bond donors (Lipinski definition) is 1. The van der Waals surface area contributed by atoms with Gasteiger partial charge in [0, 0.05) is 18.8 Å². The van der Waals surface area contributed by atoms with Gasteiger partial charge in [-0.1, -0.05) is 29.8 Å². The first-order valence-electron chi connectivity index (χ1n) is 6.55. The van der Waals surface area contributed by atoms with Gasteiger partial charge in [0.2, 0.25) is 4.77 Å². The molecule has 1 aromatic carbocycles. The molecule has 1 N–H and O–H groups in total. The summed E-state index contributed by atoms with van der Waals surface area (Å²) in [5.74, 6) is 0.699. The Kier molecular flexibility index (Phi) is 3.53. The van der Waals surface area contributed by atoms with E-state index in [0.717, 1.165) is 11.3 Å². The van der Waals surface area contributed by atoms with Gasteiger partial charge in [0.05, 0.1) is 11.9 Å². The predicted molar refractivity (Wildman–Crippen MR) is 86.0 cm³/mol. The Balaban J connectivity index is 2.02. The summed E-state index contributed by atoms with van der Waals surface area (Å²) in [5, 5.41) is 11.5. The molecule has 0 unspecified atom stereocenters. The number of hydrogen-bond acceptors (Lipinski definition) is 3. The van der Waals surface area contributed by atoms with Gasteiger partial charge >= 0.3 is 0 Å². The highest BCUT2D eigenvalue weighted by Gasteiger charge is 2.07. The molecule has 5 nitrogen and oxygen atoms in total. The third-order valence-corrected chi connectivity index (χ3v) is 3.51. The van der Waals surface area contributed by atoms with Crippen LogP contribution >= 0.6 is 12.2 Å². The van der Waals surface area contributed by atoms with E-state index in [1.807, 2.05) is 54.2 Å². The Morgan fingerprint density at radius 3 is 2.67 bits per heavy atom. The topological polar surface area (TPSA) is 50.9 Å². The highest BCUT2D eigenvalue weighted by atomic mass is 32.1. The Morgan fingerprint density at radius 2 is 2.00 bits per heavy atom. The lowest BCUT2D eigenvalue weighted by Gasteiger charge is -2.02. The van der Waals surface area contributed by atoms with Crippen LogP contribution < -0.4 is 0 Å². The number of benzene rings is 1. The maximum Gasteiger partial charge on any atom is 0.216 e. The van der Waals surface area contributed by atoms with Crippen LogP contribution in [0.15, 0.2) is 47.7 Å². The lowest BCUT2D eigenvalue weighted by molar-refractivity contribution is 0.862. The Hall–Kier alpha value is -2.47. The molecule has 6 heteroatoms. The molecule has 0 aliphatic heterocycles. The molecule has 0 saturated heterocycles. The van der Waals surface area contributed by atoms with Crippen molar-refractivity contribution in [3.05, 3.63) is 58.6 Å². The number of rotatable bonds is 3. The average Bonchev–Trinajstić information content (AvgIpc) is 3.04. The summed E-state index contributed by atoms with van der Waals surface area (Å²) in [4.78, 5) is 0. The Bertz CT molecular complexity index is 836. The number of aromatic amines is 1. The van der Waals surface area contributed by atoms with Crippen LogP contribution in [0.3, 0.4) is 0 Å². The van der Waals surface area contributed by atoms with Crippen LogP contribution in [0.5, 0.6) is 0 Å². The van der Waals surface area contributed by atoms with E-state index in [9.17, 15) is 0 Å². The standard InChI is InChI=1S/C15H15N5S/c1-11-5-7-12(8-6-11)14-17-18-15(21)20(14)16-10-13-4-3-9-19(13)2/h3-10H,1-2H3,(H,18,21). The molecule has 0 saturated carbocycles. The third kappa shape index (κ3) is 2.71. The van der Waals surface area contributed by atoms with Crippen LogP contribution in [0.4, 0.5) is 0 Å². The van der Waals surface area contributed by atoms with Gasteiger partial charge < -0.3 is 4.57 Å². The van der Waals surface area contributed by atoms with Crippen LogP contribution in [-0.4, -0.2) is 25.7 Å². The summed E-state index contributed by atoms with van der Waals surface area (Å²) in [6.07, 6.45) is 3.74. The Labute approximate surface area is 127 Å². The summed E-state index contributed by atoms with van der Waals surface area (Å²) in [7, 11) is 1.97. The van der Waals surface area contributed by atoms with Crippen molar-refractivity contribution >= 4 is 18.4 Å². The van der Waals surface area contributed by atoms with Crippen LogP contribution in [0.25, 0.3) is 11.4 Å². The van der Waals surface area contributed by atoms with E-state index >= 15 is 0 Å².